The number of likely N-dealkylation sites (N-methyl/N-ethyl adjacent to an activating group) is 1. The summed E-state index contributed by atoms with van der Waals surface area (Å²) < 4.78 is 5.93. The highest BCUT2D eigenvalue weighted by Crippen LogP contribution is 2.30. The Kier molecular flexibility index (Phi) is 4.78. The first-order chi connectivity index (χ1) is 15.0. The highest BCUT2D eigenvalue weighted by molar-refractivity contribution is 5.98. The zero-order valence-electron chi connectivity index (χ0n) is 17.6. The quantitative estimate of drug-likeness (QED) is 0.673. The molecule has 4 heterocycles. The number of benzene rings is 1. The number of anilines is 2. The van der Waals surface area contributed by atoms with Gasteiger partial charge >= 0.3 is 0 Å². The van der Waals surface area contributed by atoms with Crippen molar-refractivity contribution in [1.82, 2.24) is 19.9 Å². The highest BCUT2D eigenvalue weighted by atomic mass is 16.5. The second kappa shape index (κ2) is 7.63. The van der Waals surface area contributed by atoms with Crippen LogP contribution >= 0.6 is 0 Å². The Hall–Kier alpha value is -3.52. The van der Waals surface area contributed by atoms with Gasteiger partial charge in [-0.3, -0.25) is 4.79 Å². The minimum Gasteiger partial charge on any atom is -0.470 e. The molecular formula is C23H24N6O2. The van der Waals surface area contributed by atoms with Gasteiger partial charge in [0.2, 0.25) is 5.91 Å². The fraction of sp³-hybridized carbons (Fsp3) is 0.304. The molecule has 0 aliphatic carbocycles. The molecule has 31 heavy (non-hydrogen) atoms. The Morgan fingerprint density at radius 2 is 2.13 bits per heavy atom. The van der Waals surface area contributed by atoms with Crippen LogP contribution in [0.15, 0.2) is 30.6 Å². The van der Waals surface area contributed by atoms with Crippen LogP contribution in [0.25, 0.3) is 11.3 Å². The average Bonchev–Trinajstić information content (AvgIpc) is 3.13. The van der Waals surface area contributed by atoms with E-state index < -0.39 is 0 Å². The lowest BCUT2D eigenvalue weighted by Gasteiger charge is -2.27. The third-order valence-corrected chi connectivity index (χ3v) is 5.92. The maximum atomic E-state index is 11.7. The summed E-state index contributed by atoms with van der Waals surface area (Å²) >= 11 is 0. The summed E-state index contributed by atoms with van der Waals surface area (Å²) in [6.07, 6.45) is 4.70. The van der Waals surface area contributed by atoms with Gasteiger partial charge in [0.15, 0.2) is 5.82 Å². The van der Waals surface area contributed by atoms with Crippen LogP contribution in [-0.4, -0.2) is 39.4 Å². The molecule has 5 rings (SSSR count). The van der Waals surface area contributed by atoms with Gasteiger partial charge < -0.3 is 20.7 Å². The predicted octanol–water partition coefficient (Wildman–Crippen LogP) is 2.49. The van der Waals surface area contributed by atoms with Crippen molar-refractivity contribution < 1.29 is 9.53 Å². The summed E-state index contributed by atoms with van der Waals surface area (Å²) in [5.41, 5.74) is 13.5. The van der Waals surface area contributed by atoms with E-state index >= 15 is 0 Å². The molecule has 0 fully saturated rings. The number of nitrogens with two attached hydrogens (primary N) is 1. The summed E-state index contributed by atoms with van der Waals surface area (Å²) in [5, 5.41) is 2.75. The summed E-state index contributed by atoms with van der Waals surface area (Å²) in [6.45, 7) is 4.38. The zero-order valence-corrected chi connectivity index (χ0v) is 17.6. The highest BCUT2D eigenvalue weighted by Gasteiger charge is 2.22. The molecule has 0 unspecified atom stereocenters. The van der Waals surface area contributed by atoms with Crippen LogP contribution < -0.4 is 15.8 Å². The monoisotopic (exact) mass is 416 g/mol. The summed E-state index contributed by atoms with van der Waals surface area (Å²) in [7, 11) is 2.14. The summed E-state index contributed by atoms with van der Waals surface area (Å²) in [6, 6.07) is 6.19. The topological polar surface area (TPSA) is 106 Å². The van der Waals surface area contributed by atoms with Crippen molar-refractivity contribution in [2.45, 2.75) is 32.9 Å². The molecule has 1 aromatic carbocycles. The number of nitrogen functional groups attached to an aromatic ring is 1. The molecule has 2 aromatic heterocycles. The van der Waals surface area contributed by atoms with Gasteiger partial charge in [0, 0.05) is 30.4 Å². The molecule has 1 amide bonds. The minimum atomic E-state index is -0.0651. The second-order valence-corrected chi connectivity index (χ2v) is 8.18. The molecule has 0 atom stereocenters. The predicted molar refractivity (Wildman–Crippen MR) is 118 cm³/mol. The molecule has 2 aliphatic heterocycles. The fourth-order valence-corrected chi connectivity index (χ4v) is 4.29. The Morgan fingerprint density at radius 3 is 3.00 bits per heavy atom. The number of aromatic nitrogens is 3. The van der Waals surface area contributed by atoms with E-state index in [2.05, 4.69) is 51.3 Å². The lowest BCUT2D eigenvalue weighted by molar-refractivity contribution is -0.115. The summed E-state index contributed by atoms with van der Waals surface area (Å²) in [5.74, 6) is 1.05. The van der Waals surface area contributed by atoms with Crippen molar-refractivity contribution in [3.05, 3.63) is 58.4 Å². The normalized spacial score (nSPS) is 15.4. The van der Waals surface area contributed by atoms with E-state index in [-0.39, 0.29) is 24.2 Å². The van der Waals surface area contributed by atoms with Crippen molar-refractivity contribution in [1.29, 1.82) is 0 Å². The van der Waals surface area contributed by atoms with E-state index in [0.717, 1.165) is 41.9 Å². The van der Waals surface area contributed by atoms with Gasteiger partial charge in [-0.25, -0.2) is 15.0 Å². The van der Waals surface area contributed by atoms with Crippen molar-refractivity contribution in [2.75, 3.05) is 24.6 Å². The molecule has 158 valence electrons. The number of rotatable bonds is 4. The maximum absolute atomic E-state index is 11.7. The Balaban J connectivity index is 1.42. The van der Waals surface area contributed by atoms with E-state index in [4.69, 9.17) is 10.5 Å². The molecule has 0 spiro atoms. The molecule has 0 saturated heterocycles. The summed E-state index contributed by atoms with van der Waals surface area (Å²) in [4.78, 5) is 27.2. The number of ether oxygens (including phenoxy) is 1. The van der Waals surface area contributed by atoms with Crippen LogP contribution in [-0.2, 0) is 30.8 Å². The molecule has 8 nitrogen and oxygen atoms in total. The van der Waals surface area contributed by atoms with Crippen LogP contribution in [0.3, 0.4) is 0 Å². The van der Waals surface area contributed by atoms with E-state index in [9.17, 15) is 4.79 Å². The average molecular weight is 416 g/mol. The number of nitrogens with one attached hydrogen (secondary N) is 1. The van der Waals surface area contributed by atoms with Gasteiger partial charge in [-0.15, -0.1) is 0 Å². The molecule has 8 heteroatoms. The van der Waals surface area contributed by atoms with Gasteiger partial charge in [0.25, 0.3) is 5.88 Å². The van der Waals surface area contributed by atoms with Gasteiger partial charge in [-0.1, -0.05) is 0 Å². The lowest BCUT2D eigenvalue weighted by Crippen LogP contribution is -2.27. The number of fused-ring (bicyclic) bond motifs is 2. The standard InChI is InChI=1S/C23H24N6O2/c1-13-7-15(8-16-11-29(2)6-4-17(13)16)19-10-26-21(24)23(27-19)31-12-14-3-5-25-22-18(14)9-20(30)28-22/h3,5,7-8,10H,4,6,9,11-12H2,1-2H3,(H2,24,26)(H,25,28,30). The Labute approximate surface area is 180 Å². The molecule has 3 N–H and O–H groups in total. The van der Waals surface area contributed by atoms with E-state index in [1.54, 1.807) is 12.4 Å². The number of carbonyl (C=O) groups is 1. The van der Waals surface area contributed by atoms with Crippen molar-refractivity contribution in [2.24, 2.45) is 0 Å². The van der Waals surface area contributed by atoms with Crippen molar-refractivity contribution >= 4 is 17.5 Å². The van der Waals surface area contributed by atoms with E-state index in [1.807, 2.05) is 6.07 Å². The van der Waals surface area contributed by atoms with Crippen LogP contribution in [0.5, 0.6) is 5.88 Å². The zero-order chi connectivity index (χ0) is 21.5. The van der Waals surface area contributed by atoms with Crippen LogP contribution in [0.4, 0.5) is 11.6 Å². The maximum Gasteiger partial charge on any atom is 0.258 e. The number of aryl methyl sites for hydroxylation is 1. The lowest BCUT2D eigenvalue weighted by atomic mass is 9.92. The molecule has 3 aromatic rings. The minimum absolute atomic E-state index is 0.0651. The number of amides is 1. The van der Waals surface area contributed by atoms with E-state index in [0.29, 0.717) is 12.2 Å². The van der Waals surface area contributed by atoms with Crippen LogP contribution in [0.2, 0.25) is 0 Å². The molecule has 0 saturated carbocycles. The van der Waals surface area contributed by atoms with Crippen molar-refractivity contribution in [3.8, 4) is 17.1 Å². The first kappa shape index (κ1) is 19.4. The van der Waals surface area contributed by atoms with E-state index in [1.165, 1.54) is 16.7 Å². The number of carbonyl (C=O) groups excluding carboxylic acids is 1. The molecule has 2 aliphatic rings. The third-order valence-electron chi connectivity index (χ3n) is 5.92. The van der Waals surface area contributed by atoms with Gasteiger partial charge in [-0.2, -0.15) is 0 Å². The van der Waals surface area contributed by atoms with Crippen LogP contribution in [0, 0.1) is 6.92 Å². The fourth-order valence-electron chi connectivity index (χ4n) is 4.29. The largest absolute Gasteiger partial charge is 0.470 e. The first-order valence-electron chi connectivity index (χ1n) is 10.3. The van der Waals surface area contributed by atoms with Crippen molar-refractivity contribution in [3.63, 3.8) is 0 Å². The van der Waals surface area contributed by atoms with Gasteiger partial charge in [0.1, 0.15) is 12.4 Å². The first-order valence-corrected chi connectivity index (χ1v) is 10.3. The SMILES string of the molecule is Cc1cc(-c2cnc(N)c(OCc3ccnc4c3CC(=O)N4)n2)cc2c1CCN(C)C2. The molecule has 0 bridgehead atoms. The third kappa shape index (κ3) is 3.70. The molecular weight excluding hydrogens is 392 g/mol. The number of nitrogens with zero attached hydrogens (tertiary/aromatic N) is 4. The Bertz CT molecular complexity index is 1190. The van der Waals surface area contributed by atoms with Crippen LogP contribution in [0.1, 0.15) is 27.8 Å². The smallest absolute Gasteiger partial charge is 0.258 e. The number of hydrogen-bond donors (Lipinski definition) is 2. The van der Waals surface area contributed by atoms with Gasteiger partial charge in [0.05, 0.1) is 18.3 Å². The molecule has 0 radical (unpaired) electrons. The number of pyridine rings is 1. The number of hydrogen-bond acceptors (Lipinski definition) is 7. The van der Waals surface area contributed by atoms with Gasteiger partial charge in [-0.05, 0) is 60.8 Å². The second-order valence-electron chi connectivity index (χ2n) is 8.18. The Morgan fingerprint density at radius 1 is 1.26 bits per heavy atom.